The number of piperidine rings is 1. The number of fused-ring (bicyclic) bond motifs is 1. The van der Waals surface area contributed by atoms with Gasteiger partial charge in [0.15, 0.2) is 6.29 Å². The van der Waals surface area contributed by atoms with Crippen LogP contribution in [0.3, 0.4) is 0 Å². The number of benzene rings is 2. The van der Waals surface area contributed by atoms with Gasteiger partial charge in [-0.2, -0.15) is 0 Å². The second-order valence-corrected chi connectivity index (χ2v) is 12.9. The minimum Gasteiger partial charge on any atom is -0.384 e. The summed E-state index contributed by atoms with van der Waals surface area (Å²) in [6.45, 7) is 4.76. The normalized spacial score (nSPS) is 16.0. The summed E-state index contributed by atoms with van der Waals surface area (Å²) in [6, 6.07) is 8.34. The van der Waals surface area contributed by atoms with Crippen molar-refractivity contribution >= 4 is 58.8 Å². The maximum absolute atomic E-state index is 13.8. The number of aldehydes is 1. The molecular weight excluding hydrogens is 655 g/mol. The molecule has 5 amide bonds. The Balaban J connectivity index is 1.02. The summed E-state index contributed by atoms with van der Waals surface area (Å²) in [5.74, 6) is -2.31. The van der Waals surface area contributed by atoms with Gasteiger partial charge in [-0.05, 0) is 75.1 Å². The van der Waals surface area contributed by atoms with Crippen molar-refractivity contribution in [3.8, 4) is 0 Å². The van der Waals surface area contributed by atoms with E-state index >= 15 is 0 Å². The number of rotatable bonds is 15. The van der Waals surface area contributed by atoms with E-state index in [0.29, 0.717) is 64.4 Å². The molecule has 1 unspecified atom stereocenters. The van der Waals surface area contributed by atoms with Gasteiger partial charge in [0.05, 0.1) is 22.3 Å². The third kappa shape index (κ3) is 8.42. The molecular formula is C38H43FN6O6. The highest BCUT2D eigenvalue weighted by atomic mass is 19.1. The molecule has 12 nitrogen and oxygen atoms in total. The SMILES string of the molecule is Cc1[nH]c(/C=C2\C(=O)Nc3ccc(F)cc32)c(C)c1C(=O)NCCCCCCCCNc1cccc(C(=O)N(C)C2CCC(=O)NC2=O)c1C=O. The van der Waals surface area contributed by atoms with E-state index in [1.165, 1.54) is 30.1 Å². The lowest BCUT2D eigenvalue weighted by Gasteiger charge is -2.30. The summed E-state index contributed by atoms with van der Waals surface area (Å²) >= 11 is 0. The number of nitrogens with one attached hydrogen (secondary N) is 5. The van der Waals surface area contributed by atoms with E-state index < -0.39 is 23.7 Å². The second kappa shape index (κ2) is 16.4. The third-order valence-corrected chi connectivity index (χ3v) is 9.41. The van der Waals surface area contributed by atoms with Crippen LogP contribution in [0.4, 0.5) is 15.8 Å². The predicted molar refractivity (Wildman–Crippen MR) is 192 cm³/mol. The molecule has 1 atom stereocenters. The number of unbranched alkanes of at least 4 members (excludes halogenated alkanes) is 5. The topological polar surface area (TPSA) is 170 Å². The molecule has 1 aromatic heterocycles. The predicted octanol–water partition coefficient (Wildman–Crippen LogP) is 5.14. The van der Waals surface area contributed by atoms with Crippen LogP contribution < -0.4 is 21.3 Å². The first kappa shape index (κ1) is 36.7. The Hall–Kier alpha value is -5.59. The minimum atomic E-state index is -0.783. The van der Waals surface area contributed by atoms with E-state index in [9.17, 15) is 33.2 Å². The molecule has 0 spiro atoms. The van der Waals surface area contributed by atoms with Crippen LogP contribution in [-0.2, 0) is 14.4 Å². The number of aromatic nitrogens is 1. The van der Waals surface area contributed by atoms with Gasteiger partial charge in [-0.25, -0.2) is 4.39 Å². The lowest BCUT2D eigenvalue weighted by Crippen LogP contribution is -2.53. The molecule has 268 valence electrons. The van der Waals surface area contributed by atoms with Crippen molar-refractivity contribution in [2.45, 2.75) is 71.3 Å². The first-order chi connectivity index (χ1) is 24.5. The van der Waals surface area contributed by atoms with Crippen molar-refractivity contribution in [2.24, 2.45) is 0 Å². The molecule has 2 aromatic carbocycles. The molecule has 0 bridgehead atoms. The van der Waals surface area contributed by atoms with Gasteiger partial charge in [-0.3, -0.25) is 34.1 Å². The van der Waals surface area contributed by atoms with Crippen molar-refractivity contribution in [1.82, 2.24) is 20.5 Å². The van der Waals surface area contributed by atoms with Crippen molar-refractivity contribution < 1.29 is 33.2 Å². The Kier molecular flexibility index (Phi) is 11.8. The van der Waals surface area contributed by atoms with Crippen LogP contribution in [0, 0.1) is 19.7 Å². The molecule has 5 rings (SSSR count). The molecule has 0 saturated carbocycles. The smallest absolute Gasteiger partial charge is 0.256 e. The monoisotopic (exact) mass is 698 g/mol. The van der Waals surface area contributed by atoms with Crippen molar-refractivity contribution in [3.63, 3.8) is 0 Å². The average molecular weight is 699 g/mol. The number of amides is 5. The summed E-state index contributed by atoms with van der Waals surface area (Å²) in [6.07, 6.45) is 8.25. The summed E-state index contributed by atoms with van der Waals surface area (Å²) in [4.78, 5) is 79.0. The van der Waals surface area contributed by atoms with E-state index in [1.807, 2.05) is 6.92 Å². The molecule has 0 radical (unpaired) electrons. The van der Waals surface area contributed by atoms with Gasteiger partial charge in [0, 0.05) is 54.9 Å². The zero-order chi connectivity index (χ0) is 36.7. The number of anilines is 2. The molecule has 51 heavy (non-hydrogen) atoms. The molecule has 2 aliphatic rings. The number of hydrogen-bond donors (Lipinski definition) is 5. The maximum Gasteiger partial charge on any atom is 0.256 e. The van der Waals surface area contributed by atoms with Crippen LogP contribution in [0.25, 0.3) is 11.6 Å². The Morgan fingerprint density at radius 3 is 2.43 bits per heavy atom. The van der Waals surface area contributed by atoms with E-state index in [1.54, 1.807) is 31.2 Å². The zero-order valence-corrected chi connectivity index (χ0v) is 29.0. The third-order valence-electron chi connectivity index (χ3n) is 9.41. The Bertz CT molecular complexity index is 1900. The molecule has 0 aliphatic carbocycles. The first-order valence-electron chi connectivity index (χ1n) is 17.2. The van der Waals surface area contributed by atoms with Gasteiger partial charge in [0.25, 0.3) is 17.7 Å². The lowest BCUT2D eigenvalue weighted by atomic mass is 10.0. The van der Waals surface area contributed by atoms with Gasteiger partial charge < -0.3 is 25.8 Å². The van der Waals surface area contributed by atoms with Crippen molar-refractivity contribution in [2.75, 3.05) is 30.8 Å². The quantitative estimate of drug-likeness (QED) is 0.0634. The fourth-order valence-corrected chi connectivity index (χ4v) is 6.59. The van der Waals surface area contributed by atoms with Crippen LogP contribution in [0.5, 0.6) is 0 Å². The van der Waals surface area contributed by atoms with Gasteiger partial charge in [-0.15, -0.1) is 0 Å². The molecule has 1 saturated heterocycles. The number of hydrogen-bond acceptors (Lipinski definition) is 7. The van der Waals surface area contributed by atoms with Crippen molar-refractivity contribution in [3.05, 3.63) is 81.4 Å². The van der Waals surface area contributed by atoms with Crippen LogP contribution in [0.1, 0.15) is 105 Å². The van der Waals surface area contributed by atoms with E-state index in [2.05, 4.69) is 26.3 Å². The van der Waals surface area contributed by atoms with E-state index in [-0.39, 0.29) is 41.7 Å². The fraction of sp³-hybridized carbons (Fsp3) is 0.368. The Morgan fingerprint density at radius 2 is 1.71 bits per heavy atom. The minimum absolute atomic E-state index is 0.145. The lowest BCUT2D eigenvalue weighted by molar-refractivity contribution is -0.136. The molecule has 13 heteroatoms. The molecule has 3 heterocycles. The summed E-state index contributed by atoms with van der Waals surface area (Å²) in [7, 11) is 1.49. The number of aryl methyl sites for hydroxylation is 1. The van der Waals surface area contributed by atoms with E-state index in [4.69, 9.17) is 0 Å². The highest BCUT2D eigenvalue weighted by Gasteiger charge is 2.33. The second-order valence-electron chi connectivity index (χ2n) is 12.9. The largest absolute Gasteiger partial charge is 0.384 e. The molecule has 3 aromatic rings. The number of halogens is 1. The number of likely N-dealkylation sites (N-methyl/N-ethyl adjacent to an activating group) is 1. The van der Waals surface area contributed by atoms with Crippen LogP contribution in [-0.4, -0.2) is 71.9 Å². The fourth-order valence-electron chi connectivity index (χ4n) is 6.59. The van der Waals surface area contributed by atoms with Crippen molar-refractivity contribution in [1.29, 1.82) is 0 Å². The van der Waals surface area contributed by atoms with Gasteiger partial charge in [-0.1, -0.05) is 31.7 Å². The standard InChI is InChI=1S/C38H43FN6O6/c1-22-31(20-27-26-19-24(39)13-14-30(26)43-35(27)48)42-23(2)34(22)37(50)41-18-9-7-5-4-6-8-17-40-29-12-10-11-25(28(29)21-46)38(51)45(3)32-15-16-33(47)44-36(32)49/h10-14,19-21,32,40,42H,4-9,15-18H2,1-3H3,(H,41,50)(H,43,48)(H,44,47,49)/b27-20-. The Morgan fingerprint density at radius 1 is 0.980 bits per heavy atom. The number of nitrogens with zero attached hydrogens (tertiary/aromatic N) is 1. The number of imide groups is 1. The van der Waals surface area contributed by atoms with Crippen LogP contribution in [0.15, 0.2) is 36.4 Å². The number of H-pyrrole nitrogens is 1. The average Bonchev–Trinajstić information content (AvgIpc) is 3.57. The van der Waals surface area contributed by atoms with Gasteiger partial charge in [0.2, 0.25) is 11.8 Å². The highest BCUT2D eigenvalue weighted by molar-refractivity contribution is 6.35. The summed E-state index contributed by atoms with van der Waals surface area (Å²) in [5, 5.41) is 11.2. The molecule has 5 N–H and O–H groups in total. The van der Waals surface area contributed by atoms with Gasteiger partial charge >= 0.3 is 0 Å². The van der Waals surface area contributed by atoms with Crippen LogP contribution >= 0.6 is 0 Å². The Labute approximate surface area is 295 Å². The zero-order valence-electron chi connectivity index (χ0n) is 29.0. The van der Waals surface area contributed by atoms with Gasteiger partial charge in [0.1, 0.15) is 11.9 Å². The summed E-state index contributed by atoms with van der Waals surface area (Å²) in [5.41, 5.74) is 4.87. The molecule has 2 aliphatic heterocycles. The van der Waals surface area contributed by atoms with E-state index in [0.717, 1.165) is 38.5 Å². The number of carbonyl (C=O) groups is 6. The number of carbonyl (C=O) groups excluding carboxylic acids is 6. The molecule has 1 fully saturated rings. The number of aromatic amines is 1. The van der Waals surface area contributed by atoms with Crippen LogP contribution in [0.2, 0.25) is 0 Å². The highest BCUT2D eigenvalue weighted by Crippen LogP contribution is 2.34. The summed E-state index contributed by atoms with van der Waals surface area (Å²) < 4.78 is 13.8. The maximum atomic E-state index is 13.8. The first-order valence-corrected chi connectivity index (χ1v) is 17.2.